The molecule has 0 fully saturated rings. The smallest absolute Gasteiger partial charge is 0.148 e. The number of terminal acetylenes is 1. The maximum absolute atomic E-state index is 5.46. The summed E-state index contributed by atoms with van der Waals surface area (Å²) in [7, 11) is 0. The summed E-state index contributed by atoms with van der Waals surface area (Å²) in [6, 6.07) is 7.96. The van der Waals surface area contributed by atoms with Crippen molar-refractivity contribution >= 4 is 11.8 Å². The van der Waals surface area contributed by atoms with Gasteiger partial charge in [0.25, 0.3) is 0 Å². The molecule has 0 aliphatic rings. The Hall–Kier alpha value is -1.11. The van der Waals surface area contributed by atoms with E-state index >= 15 is 0 Å². The Morgan fingerprint density at radius 2 is 2.25 bits per heavy atom. The number of thioether (sulfide) groups is 1. The summed E-state index contributed by atoms with van der Waals surface area (Å²) in [4.78, 5) is 0. The molecule has 1 rings (SSSR count). The first-order valence-electron chi connectivity index (χ1n) is 5.22. The largest absolute Gasteiger partial charge is 0.481 e. The van der Waals surface area contributed by atoms with Crippen molar-refractivity contribution in [3.63, 3.8) is 0 Å². The summed E-state index contributed by atoms with van der Waals surface area (Å²) >= 11 is 1.83. The first-order chi connectivity index (χ1) is 7.88. The zero-order chi connectivity index (χ0) is 11.6. The minimum atomic E-state index is 0.321. The summed E-state index contributed by atoms with van der Waals surface area (Å²) < 4.78 is 5.46. The predicted octanol–water partition coefficient (Wildman–Crippen LogP) is 2.15. The molecule has 0 aliphatic heterocycles. The molecule has 1 aromatic rings. The molecule has 0 atom stereocenters. The van der Waals surface area contributed by atoms with Gasteiger partial charge in [0.1, 0.15) is 12.4 Å². The standard InChI is InChI=1S/C13H17NOS/c1-3-9-15-13-7-5-4-6-12(13)11-14-8-10-16-2/h1,4-7,14H,8-11H2,2H3. The van der Waals surface area contributed by atoms with E-state index in [1.807, 2.05) is 30.0 Å². The minimum Gasteiger partial charge on any atom is -0.481 e. The van der Waals surface area contributed by atoms with Crippen LogP contribution in [0.4, 0.5) is 0 Å². The first-order valence-corrected chi connectivity index (χ1v) is 6.61. The van der Waals surface area contributed by atoms with Crippen LogP contribution >= 0.6 is 11.8 Å². The SMILES string of the molecule is C#CCOc1ccccc1CNCCSC. The average Bonchev–Trinajstić information content (AvgIpc) is 2.33. The molecule has 0 spiro atoms. The molecule has 0 radical (unpaired) electrons. The topological polar surface area (TPSA) is 21.3 Å². The van der Waals surface area contributed by atoms with E-state index in [1.165, 1.54) is 0 Å². The molecular formula is C13H17NOS. The Morgan fingerprint density at radius 1 is 1.44 bits per heavy atom. The highest BCUT2D eigenvalue weighted by Crippen LogP contribution is 2.17. The molecule has 1 N–H and O–H groups in total. The zero-order valence-corrected chi connectivity index (χ0v) is 10.3. The third-order valence-electron chi connectivity index (χ3n) is 2.08. The minimum absolute atomic E-state index is 0.321. The molecule has 3 heteroatoms. The molecule has 0 saturated carbocycles. The lowest BCUT2D eigenvalue weighted by atomic mass is 10.2. The van der Waals surface area contributed by atoms with Gasteiger partial charge in [-0.3, -0.25) is 0 Å². The maximum Gasteiger partial charge on any atom is 0.148 e. The van der Waals surface area contributed by atoms with Gasteiger partial charge >= 0.3 is 0 Å². The van der Waals surface area contributed by atoms with Gasteiger partial charge in [0.05, 0.1) is 0 Å². The van der Waals surface area contributed by atoms with Crippen LogP contribution in [0.15, 0.2) is 24.3 Å². The van der Waals surface area contributed by atoms with Gasteiger partial charge in [0.15, 0.2) is 0 Å². The van der Waals surface area contributed by atoms with Crippen LogP contribution in [0.3, 0.4) is 0 Å². The Morgan fingerprint density at radius 3 is 3.00 bits per heavy atom. The van der Waals surface area contributed by atoms with Gasteiger partial charge in [-0.1, -0.05) is 24.1 Å². The summed E-state index contributed by atoms with van der Waals surface area (Å²) in [5.41, 5.74) is 1.15. The van der Waals surface area contributed by atoms with E-state index in [2.05, 4.69) is 23.6 Å². The van der Waals surface area contributed by atoms with E-state index in [0.29, 0.717) is 6.61 Å². The monoisotopic (exact) mass is 235 g/mol. The number of ether oxygens (including phenoxy) is 1. The molecule has 2 nitrogen and oxygen atoms in total. The molecule has 16 heavy (non-hydrogen) atoms. The lowest BCUT2D eigenvalue weighted by Gasteiger charge is -2.10. The zero-order valence-electron chi connectivity index (χ0n) is 9.53. The van der Waals surface area contributed by atoms with Gasteiger partial charge in [0, 0.05) is 24.4 Å². The molecule has 0 bridgehead atoms. The summed E-state index contributed by atoms with van der Waals surface area (Å²) in [5.74, 6) is 4.46. The van der Waals surface area contributed by atoms with Crippen LogP contribution in [0, 0.1) is 12.3 Å². The molecule has 0 unspecified atom stereocenters. The van der Waals surface area contributed by atoms with E-state index in [1.54, 1.807) is 0 Å². The van der Waals surface area contributed by atoms with Crippen molar-refractivity contribution in [1.29, 1.82) is 0 Å². The highest BCUT2D eigenvalue weighted by molar-refractivity contribution is 7.98. The predicted molar refractivity (Wildman–Crippen MR) is 70.9 cm³/mol. The van der Waals surface area contributed by atoms with Crippen molar-refractivity contribution in [3.8, 4) is 18.1 Å². The average molecular weight is 235 g/mol. The molecule has 0 aliphatic carbocycles. The van der Waals surface area contributed by atoms with E-state index in [0.717, 1.165) is 30.2 Å². The van der Waals surface area contributed by atoms with E-state index in [-0.39, 0.29) is 0 Å². The number of rotatable bonds is 7. The molecule has 0 saturated heterocycles. The van der Waals surface area contributed by atoms with E-state index in [9.17, 15) is 0 Å². The second-order valence-corrected chi connectivity index (χ2v) is 4.26. The third-order valence-corrected chi connectivity index (χ3v) is 2.69. The molecule has 0 heterocycles. The molecule has 86 valence electrons. The van der Waals surface area contributed by atoms with Crippen LogP contribution in [0.1, 0.15) is 5.56 Å². The lowest BCUT2D eigenvalue weighted by Crippen LogP contribution is -2.17. The van der Waals surface area contributed by atoms with E-state index in [4.69, 9.17) is 11.2 Å². The Labute approximate surface area is 102 Å². The van der Waals surface area contributed by atoms with E-state index < -0.39 is 0 Å². The number of benzene rings is 1. The fourth-order valence-electron chi connectivity index (χ4n) is 1.31. The lowest BCUT2D eigenvalue weighted by molar-refractivity contribution is 0.365. The fraction of sp³-hybridized carbons (Fsp3) is 0.385. The molecule has 1 aromatic carbocycles. The second-order valence-electron chi connectivity index (χ2n) is 3.27. The van der Waals surface area contributed by atoms with Gasteiger partial charge in [0.2, 0.25) is 0 Å². The molecular weight excluding hydrogens is 218 g/mol. The van der Waals surface area contributed by atoms with Gasteiger partial charge < -0.3 is 10.1 Å². The Kier molecular flexibility index (Phi) is 6.55. The van der Waals surface area contributed by atoms with Gasteiger partial charge in [-0.25, -0.2) is 0 Å². The second kappa shape index (κ2) is 8.09. The number of para-hydroxylation sites is 1. The van der Waals surface area contributed by atoms with Crippen LogP contribution in [0.5, 0.6) is 5.75 Å². The van der Waals surface area contributed by atoms with Crippen LogP contribution in [-0.2, 0) is 6.54 Å². The molecule has 0 aromatic heterocycles. The van der Waals surface area contributed by atoms with Crippen LogP contribution in [0.25, 0.3) is 0 Å². The van der Waals surface area contributed by atoms with Gasteiger partial charge in [-0.2, -0.15) is 11.8 Å². The maximum atomic E-state index is 5.46. The highest BCUT2D eigenvalue weighted by atomic mass is 32.2. The first kappa shape index (κ1) is 13.0. The van der Waals surface area contributed by atoms with Crippen LogP contribution < -0.4 is 10.1 Å². The van der Waals surface area contributed by atoms with Crippen LogP contribution in [0.2, 0.25) is 0 Å². The Balaban J connectivity index is 2.47. The normalized spacial score (nSPS) is 9.75. The Bertz CT molecular complexity index is 346. The van der Waals surface area contributed by atoms with Crippen molar-refractivity contribution in [1.82, 2.24) is 5.32 Å². The summed E-state index contributed by atoms with van der Waals surface area (Å²) in [5, 5.41) is 3.37. The third kappa shape index (κ3) is 4.61. The van der Waals surface area contributed by atoms with Gasteiger partial charge in [-0.15, -0.1) is 6.42 Å². The van der Waals surface area contributed by atoms with Gasteiger partial charge in [-0.05, 0) is 12.3 Å². The molecule has 0 amide bonds. The number of hydrogen-bond donors (Lipinski definition) is 1. The van der Waals surface area contributed by atoms with Crippen molar-refractivity contribution in [2.45, 2.75) is 6.54 Å². The van der Waals surface area contributed by atoms with Crippen molar-refractivity contribution in [2.24, 2.45) is 0 Å². The quantitative estimate of drug-likeness (QED) is 0.578. The van der Waals surface area contributed by atoms with Crippen molar-refractivity contribution in [2.75, 3.05) is 25.2 Å². The van der Waals surface area contributed by atoms with Crippen LogP contribution in [-0.4, -0.2) is 25.2 Å². The number of hydrogen-bond acceptors (Lipinski definition) is 3. The summed E-state index contributed by atoms with van der Waals surface area (Å²) in [6.07, 6.45) is 7.28. The summed E-state index contributed by atoms with van der Waals surface area (Å²) in [6.45, 7) is 2.15. The van der Waals surface area contributed by atoms with Crippen molar-refractivity contribution in [3.05, 3.63) is 29.8 Å². The highest BCUT2D eigenvalue weighted by Gasteiger charge is 2.01. The number of nitrogens with one attached hydrogen (secondary N) is 1. The van der Waals surface area contributed by atoms with Crippen molar-refractivity contribution < 1.29 is 4.74 Å². The fourth-order valence-corrected chi connectivity index (χ4v) is 1.66.